The molecule has 3 aliphatic rings. The Morgan fingerprint density at radius 3 is 1.89 bits per heavy atom. The third-order valence-electron chi connectivity index (χ3n) is 9.22. The first kappa shape index (κ1) is 21.6. The van der Waals surface area contributed by atoms with Crippen molar-refractivity contribution in [2.45, 2.75) is 44.4 Å². The van der Waals surface area contributed by atoms with E-state index in [1.165, 1.54) is 55.7 Å². The van der Waals surface area contributed by atoms with Crippen molar-refractivity contribution >= 4 is 5.57 Å². The van der Waals surface area contributed by atoms with Crippen molar-refractivity contribution in [1.82, 2.24) is 0 Å². The molecule has 0 aliphatic heterocycles. The van der Waals surface area contributed by atoms with Gasteiger partial charge in [0.05, 0.1) is 5.41 Å². The maximum absolute atomic E-state index is 2.62. The maximum atomic E-state index is 2.62. The Morgan fingerprint density at radius 2 is 1.22 bits per heavy atom. The van der Waals surface area contributed by atoms with Crippen LogP contribution in [0.5, 0.6) is 0 Å². The third kappa shape index (κ3) is 2.71. The van der Waals surface area contributed by atoms with Crippen molar-refractivity contribution in [3.8, 4) is 11.1 Å². The fourth-order valence-electron chi connectivity index (χ4n) is 7.49. The molecule has 4 aromatic rings. The summed E-state index contributed by atoms with van der Waals surface area (Å²) >= 11 is 0. The highest BCUT2D eigenvalue weighted by Crippen LogP contribution is 2.66. The molecule has 4 aromatic carbocycles. The topological polar surface area (TPSA) is 0 Å². The molecule has 3 atom stereocenters. The molecule has 36 heavy (non-hydrogen) atoms. The zero-order valence-corrected chi connectivity index (χ0v) is 21.3. The van der Waals surface area contributed by atoms with Gasteiger partial charge in [-0.1, -0.05) is 123 Å². The Labute approximate surface area is 215 Å². The van der Waals surface area contributed by atoms with Gasteiger partial charge in [0.1, 0.15) is 0 Å². The van der Waals surface area contributed by atoms with Crippen LogP contribution >= 0.6 is 0 Å². The molecule has 176 valence electrons. The van der Waals surface area contributed by atoms with Gasteiger partial charge in [0.2, 0.25) is 0 Å². The Morgan fingerprint density at radius 1 is 0.667 bits per heavy atom. The van der Waals surface area contributed by atoms with E-state index in [-0.39, 0.29) is 5.41 Å². The molecule has 0 heterocycles. The molecule has 0 fully saturated rings. The first-order chi connectivity index (χ1) is 17.7. The van der Waals surface area contributed by atoms with Gasteiger partial charge in [0, 0.05) is 11.8 Å². The molecule has 1 unspecified atom stereocenters. The second-order valence-electron chi connectivity index (χ2n) is 10.9. The molecule has 0 nitrogen and oxygen atoms in total. The Balaban J connectivity index is 1.50. The number of allylic oxidation sites excluding steroid dienone is 4. The number of hydrogen-bond donors (Lipinski definition) is 0. The Hall–Kier alpha value is -3.64. The molecule has 0 saturated heterocycles. The van der Waals surface area contributed by atoms with Crippen LogP contribution in [0, 0.1) is 5.92 Å². The summed E-state index contributed by atoms with van der Waals surface area (Å²) in [6.45, 7) is 6.98. The predicted molar refractivity (Wildman–Crippen MR) is 151 cm³/mol. The van der Waals surface area contributed by atoms with Crippen molar-refractivity contribution in [3.05, 3.63) is 148 Å². The summed E-state index contributed by atoms with van der Waals surface area (Å²) in [5, 5.41) is 0. The minimum absolute atomic E-state index is 0.145. The van der Waals surface area contributed by atoms with Gasteiger partial charge >= 0.3 is 0 Å². The predicted octanol–water partition coefficient (Wildman–Crippen LogP) is 9.27. The van der Waals surface area contributed by atoms with Crippen molar-refractivity contribution in [1.29, 1.82) is 0 Å². The average molecular weight is 465 g/mol. The van der Waals surface area contributed by atoms with E-state index in [0.29, 0.717) is 17.8 Å². The fourth-order valence-corrected chi connectivity index (χ4v) is 7.49. The Bertz CT molecular complexity index is 1520. The molecule has 3 aliphatic carbocycles. The number of benzene rings is 4. The van der Waals surface area contributed by atoms with Crippen LogP contribution in [0.4, 0.5) is 0 Å². The van der Waals surface area contributed by atoms with Gasteiger partial charge in [-0.3, -0.25) is 0 Å². The van der Waals surface area contributed by atoms with Crippen LogP contribution in [0.1, 0.15) is 72.4 Å². The van der Waals surface area contributed by atoms with Crippen LogP contribution in [0.3, 0.4) is 0 Å². The lowest BCUT2D eigenvalue weighted by atomic mass is 9.64. The van der Waals surface area contributed by atoms with Crippen LogP contribution in [-0.2, 0) is 5.41 Å². The highest BCUT2D eigenvalue weighted by atomic mass is 14.6. The van der Waals surface area contributed by atoms with Gasteiger partial charge in [-0.15, -0.1) is 0 Å². The van der Waals surface area contributed by atoms with E-state index < -0.39 is 0 Å². The van der Waals surface area contributed by atoms with Crippen LogP contribution in [0.25, 0.3) is 16.7 Å². The zero-order chi connectivity index (χ0) is 24.4. The third-order valence-corrected chi connectivity index (χ3v) is 9.22. The lowest BCUT2D eigenvalue weighted by molar-refractivity contribution is 0.464. The van der Waals surface area contributed by atoms with E-state index in [1.807, 2.05) is 0 Å². The number of hydrogen-bond acceptors (Lipinski definition) is 0. The average Bonchev–Trinajstić information content (AvgIpc) is 3.39. The molecule has 0 saturated carbocycles. The second-order valence-corrected chi connectivity index (χ2v) is 10.9. The molecule has 7 rings (SSSR count). The maximum Gasteiger partial charge on any atom is 0.0538 e. The van der Waals surface area contributed by atoms with Crippen LogP contribution in [0.2, 0.25) is 0 Å². The fraction of sp³-hybridized carbons (Fsp3) is 0.222. The van der Waals surface area contributed by atoms with E-state index in [0.717, 1.165) is 6.42 Å². The molecule has 0 N–H and O–H groups in total. The van der Waals surface area contributed by atoms with E-state index >= 15 is 0 Å². The molecule has 0 amide bonds. The molecular formula is C36H32. The number of rotatable bonds is 3. The van der Waals surface area contributed by atoms with Gasteiger partial charge < -0.3 is 0 Å². The summed E-state index contributed by atoms with van der Waals surface area (Å²) in [4.78, 5) is 0. The SMILES string of the molecule is CC[C@@H](C)c1ccccc1C1=CC2c3ccccc3C3(c4ccccc4-c4ccccc43)[C@@H]2C=C1C. The lowest BCUT2D eigenvalue weighted by Gasteiger charge is -2.37. The van der Waals surface area contributed by atoms with Crippen LogP contribution in [0.15, 0.2) is 115 Å². The smallest absolute Gasteiger partial charge is 0.0538 e. The highest BCUT2D eigenvalue weighted by molar-refractivity contribution is 5.88. The monoisotopic (exact) mass is 464 g/mol. The zero-order valence-electron chi connectivity index (χ0n) is 21.3. The summed E-state index contributed by atoms with van der Waals surface area (Å²) in [5.41, 5.74) is 14.2. The van der Waals surface area contributed by atoms with Crippen molar-refractivity contribution in [2.24, 2.45) is 5.92 Å². The van der Waals surface area contributed by atoms with Crippen molar-refractivity contribution < 1.29 is 0 Å². The van der Waals surface area contributed by atoms with Crippen molar-refractivity contribution in [2.75, 3.05) is 0 Å². The van der Waals surface area contributed by atoms with Gasteiger partial charge in [-0.2, -0.15) is 0 Å². The largest absolute Gasteiger partial charge is 0.0754 e. The molecule has 0 radical (unpaired) electrons. The van der Waals surface area contributed by atoms with Crippen LogP contribution < -0.4 is 0 Å². The summed E-state index contributed by atoms with van der Waals surface area (Å²) in [5.74, 6) is 1.26. The van der Waals surface area contributed by atoms with Gasteiger partial charge in [-0.05, 0) is 74.9 Å². The first-order valence-electron chi connectivity index (χ1n) is 13.4. The van der Waals surface area contributed by atoms with Gasteiger partial charge in [0.25, 0.3) is 0 Å². The lowest BCUT2D eigenvalue weighted by Crippen LogP contribution is -2.33. The number of fused-ring (bicyclic) bond motifs is 10. The molecule has 1 spiro atoms. The molecule has 0 heteroatoms. The quantitative estimate of drug-likeness (QED) is 0.283. The van der Waals surface area contributed by atoms with Gasteiger partial charge in [0.15, 0.2) is 0 Å². The Kier molecular flexibility index (Phi) is 4.77. The minimum Gasteiger partial charge on any atom is -0.0754 e. The first-order valence-corrected chi connectivity index (χ1v) is 13.4. The van der Waals surface area contributed by atoms with E-state index in [1.54, 1.807) is 0 Å². The normalized spacial score (nSPS) is 21.2. The molecule has 0 bridgehead atoms. The summed E-state index contributed by atoms with van der Waals surface area (Å²) in [7, 11) is 0. The molecule has 0 aromatic heterocycles. The summed E-state index contributed by atoms with van der Waals surface area (Å²) < 4.78 is 0. The van der Waals surface area contributed by atoms with Crippen LogP contribution in [-0.4, -0.2) is 0 Å². The second kappa shape index (κ2) is 7.93. The summed E-state index contributed by atoms with van der Waals surface area (Å²) in [6.07, 6.45) is 6.38. The van der Waals surface area contributed by atoms with E-state index in [2.05, 4.69) is 130 Å². The van der Waals surface area contributed by atoms with E-state index in [9.17, 15) is 0 Å². The van der Waals surface area contributed by atoms with E-state index in [4.69, 9.17) is 0 Å². The summed E-state index contributed by atoms with van der Waals surface area (Å²) in [6, 6.07) is 36.6. The molecular weight excluding hydrogens is 432 g/mol. The highest BCUT2D eigenvalue weighted by Gasteiger charge is 2.57. The minimum atomic E-state index is -0.145. The standard InChI is InChI=1S/C36H32/c1-4-23(2)25-13-5-6-14-26(25)30-22-31-29-17-9-12-20-34(29)36(35(31)21-24(30)3)32-18-10-7-15-27(32)28-16-8-11-19-33(28)36/h5-23,31,35H,4H2,1-3H3/t23-,31?,35-/m1/s1. The van der Waals surface area contributed by atoms with Gasteiger partial charge in [-0.25, -0.2) is 0 Å². The van der Waals surface area contributed by atoms with Crippen molar-refractivity contribution in [3.63, 3.8) is 0 Å².